The van der Waals surface area contributed by atoms with Crippen molar-refractivity contribution in [2.75, 3.05) is 12.8 Å². The number of benzene rings is 2. The zero-order valence-corrected chi connectivity index (χ0v) is 11.8. The van der Waals surface area contributed by atoms with E-state index >= 15 is 0 Å². The maximum Gasteiger partial charge on any atom is 0.232 e. The second kappa shape index (κ2) is 7.00. The molecule has 0 aliphatic heterocycles. The van der Waals surface area contributed by atoms with Crippen LogP contribution in [0.25, 0.3) is 0 Å². The lowest BCUT2D eigenvalue weighted by atomic mass is 10.2. The number of carbonyl (C=O) groups is 1. The summed E-state index contributed by atoms with van der Waals surface area (Å²) in [6.07, 6.45) is 0. The molecule has 0 bridgehead atoms. The molecule has 0 N–H and O–H groups in total. The summed E-state index contributed by atoms with van der Waals surface area (Å²) in [5.74, 6) is 0.630. The highest BCUT2D eigenvalue weighted by Gasteiger charge is 2.09. The molecule has 0 saturated heterocycles. The van der Waals surface area contributed by atoms with Crippen molar-refractivity contribution in [3.8, 4) is 0 Å². The largest absolute Gasteiger partial charge is 0.341 e. The van der Waals surface area contributed by atoms with Gasteiger partial charge in [-0.3, -0.25) is 4.79 Å². The minimum Gasteiger partial charge on any atom is -0.341 e. The van der Waals surface area contributed by atoms with Crippen LogP contribution in [0.1, 0.15) is 5.56 Å². The van der Waals surface area contributed by atoms with Gasteiger partial charge in [-0.2, -0.15) is 0 Å². The van der Waals surface area contributed by atoms with Crippen LogP contribution in [0.3, 0.4) is 0 Å². The molecule has 0 unspecified atom stereocenters. The molecule has 0 saturated carbocycles. The Balaban J connectivity index is 1.83. The minimum atomic E-state index is 0.151. The van der Waals surface area contributed by atoms with Gasteiger partial charge in [-0.05, 0) is 17.7 Å². The number of hydrogen-bond acceptors (Lipinski definition) is 2. The van der Waals surface area contributed by atoms with Gasteiger partial charge in [-0.25, -0.2) is 0 Å². The van der Waals surface area contributed by atoms with E-state index in [1.807, 2.05) is 67.7 Å². The normalized spacial score (nSPS) is 10.2. The zero-order chi connectivity index (χ0) is 13.5. The predicted octanol–water partition coefficient (Wildman–Crippen LogP) is 3.44. The van der Waals surface area contributed by atoms with Gasteiger partial charge in [0, 0.05) is 18.5 Å². The highest BCUT2D eigenvalue weighted by molar-refractivity contribution is 8.00. The molecule has 0 aliphatic rings. The third kappa shape index (κ3) is 4.45. The molecule has 0 aliphatic carbocycles. The Morgan fingerprint density at radius 2 is 1.58 bits per heavy atom. The minimum absolute atomic E-state index is 0.151. The van der Waals surface area contributed by atoms with E-state index < -0.39 is 0 Å². The van der Waals surface area contributed by atoms with Crippen LogP contribution >= 0.6 is 11.8 Å². The molecule has 0 radical (unpaired) electrons. The first kappa shape index (κ1) is 13.7. The molecule has 2 aromatic rings. The Bertz CT molecular complexity index is 513. The Kier molecular flexibility index (Phi) is 5.04. The van der Waals surface area contributed by atoms with Crippen LogP contribution < -0.4 is 0 Å². The highest BCUT2D eigenvalue weighted by Crippen LogP contribution is 2.17. The second-order valence-corrected chi connectivity index (χ2v) is 5.39. The Morgan fingerprint density at radius 1 is 1.00 bits per heavy atom. The van der Waals surface area contributed by atoms with Gasteiger partial charge < -0.3 is 4.90 Å². The average molecular weight is 271 g/mol. The number of rotatable bonds is 5. The molecular formula is C16H17NOS. The van der Waals surface area contributed by atoms with Gasteiger partial charge in [0.1, 0.15) is 0 Å². The maximum atomic E-state index is 12.0. The summed E-state index contributed by atoms with van der Waals surface area (Å²) in [6.45, 7) is 0.662. The molecule has 0 atom stereocenters. The van der Waals surface area contributed by atoms with Crippen molar-refractivity contribution in [2.24, 2.45) is 0 Å². The fourth-order valence-electron chi connectivity index (χ4n) is 1.72. The van der Waals surface area contributed by atoms with Crippen molar-refractivity contribution in [2.45, 2.75) is 11.4 Å². The van der Waals surface area contributed by atoms with Crippen LogP contribution in [0, 0.1) is 0 Å². The molecule has 19 heavy (non-hydrogen) atoms. The molecule has 0 fully saturated rings. The van der Waals surface area contributed by atoms with Crippen LogP contribution in [-0.2, 0) is 11.3 Å². The quantitative estimate of drug-likeness (QED) is 0.776. The molecule has 0 heterocycles. The van der Waals surface area contributed by atoms with Crippen molar-refractivity contribution >= 4 is 17.7 Å². The van der Waals surface area contributed by atoms with Gasteiger partial charge >= 0.3 is 0 Å². The summed E-state index contributed by atoms with van der Waals surface area (Å²) in [4.78, 5) is 14.9. The van der Waals surface area contributed by atoms with Crippen molar-refractivity contribution < 1.29 is 4.79 Å². The number of hydrogen-bond donors (Lipinski definition) is 0. The first-order valence-electron chi connectivity index (χ1n) is 6.21. The number of nitrogens with zero attached hydrogens (tertiary/aromatic N) is 1. The van der Waals surface area contributed by atoms with Gasteiger partial charge in [0.15, 0.2) is 0 Å². The summed E-state index contributed by atoms with van der Waals surface area (Å²) in [7, 11) is 1.85. The SMILES string of the molecule is CN(Cc1ccccc1)C(=O)CSc1ccccc1. The molecule has 1 amide bonds. The van der Waals surface area contributed by atoms with Crippen molar-refractivity contribution in [3.63, 3.8) is 0 Å². The van der Waals surface area contributed by atoms with E-state index in [1.165, 1.54) is 0 Å². The molecular weight excluding hydrogens is 254 g/mol. The number of amides is 1. The van der Waals surface area contributed by atoms with Gasteiger partial charge in [0.25, 0.3) is 0 Å². The number of thioether (sulfide) groups is 1. The van der Waals surface area contributed by atoms with Crippen LogP contribution in [0.4, 0.5) is 0 Å². The lowest BCUT2D eigenvalue weighted by Crippen LogP contribution is -2.27. The van der Waals surface area contributed by atoms with E-state index in [0.717, 1.165) is 10.5 Å². The highest BCUT2D eigenvalue weighted by atomic mass is 32.2. The Hall–Kier alpha value is -1.74. The first-order chi connectivity index (χ1) is 9.25. The zero-order valence-electron chi connectivity index (χ0n) is 11.0. The second-order valence-electron chi connectivity index (χ2n) is 4.34. The molecule has 2 rings (SSSR count). The van der Waals surface area contributed by atoms with Gasteiger partial charge in [-0.15, -0.1) is 11.8 Å². The van der Waals surface area contributed by atoms with Crippen molar-refractivity contribution in [1.82, 2.24) is 4.90 Å². The fourth-order valence-corrected chi connectivity index (χ4v) is 2.58. The van der Waals surface area contributed by atoms with Gasteiger partial charge in [-0.1, -0.05) is 48.5 Å². The predicted molar refractivity (Wildman–Crippen MR) is 80.1 cm³/mol. The first-order valence-corrected chi connectivity index (χ1v) is 7.20. The lowest BCUT2D eigenvalue weighted by Gasteiger charge is -2.17. The van der Waals surface area contributed by atoms with Crippen LogP contribution in [0.5, 0.6) is 0 Å². The summed E-state index contributed by atoms with van der Waals surface area (Å²) in [5, 5.41) is 0. The molecule has 0 spiro atoms. The topological polar surface area (TPSA) is 20.3 Å². The molecule has 0 aromatic heterocycles. The standard InChI is InChI=1S/C16H17NOS/c1-17(12-14-8-4-2-5-9-14)16(18)13-19-15-10-6-3-7-11-15/h2-11H,12-13H2,1H3. The number of carbonyl (C=O) groups excluding carboxylic acids is 1. The van der Waals surface area contributed by atoms with Crippen LogP contribution in [-0.4, -0.2) is 23.6 Å². The van der Waals surface area contributed by atoms with Crippen molar-refractivity contribution in [3.05, 3.63) is 66.2 Å². The van der Waals surface area contributed by atoms with Crippen LogP contribution in [0.2, 0.25) is 0 Å². The van der Waals surface area contributed by atoms with E-state index in [0.29, 0.717) is 12.3 Å². The summed E-state index contributed by atoms with van der Waals surface area (Å²) in [5.41, 5.74) is 1.16. The Morgan fingerprint density at radius 3 is 2.21 bits per heavy atom. The van der Waals surface area contributed by atoms with E-state index in [9.17, 15) is 4.79 Å². The monoisotopic (exact) mass is 271 g/mol. The van der Waals surface area contributed by atoms with Gasteiger partial charge in [0.2, 0.25) is 5.91 Å². The summed E-state index contributed by atoms with van der Waals surface area (Å²) >= 11 is 1.58. The summed E-state index contributed by atoms with van der Waals surface area (Å²) in [6, 6.07) is 20.0. The lowest BCUT2D eigenvalue weighted by molar-refractivity contribution is -0.127. The van der Waals surface area contributed by atoms with Gasteiger partial charge in [0.05, 0.1) is 5.75 Å². The van der Waals surface area contributed by atoms with Crippen molar-refractivity contribution in [1.29, 1.82) is 0 Å². The Labute approximate surface area is 118 Å². The fraction of sp³-hybridized carbons (Fsp3) is 0.188. The molecule has 98 valence electrons. The smallest absolute Gasteiger partial charge is 0.232 e. The third-order valence-corrected chi connectivity index (χ3v) is 3.79. The van der Waals surface area contributed by atoms with E-state index in [2.05, 4.69) is 0 Å². The molecule has 2 nitrogen and oxygen atoms in total. The van der Waals surface area contributed by atoms with Crippen LogP contribution in [0.15, 0.2) is 65.6 Å². The molecule has 2 aromatic carbocycles. The maximum absolute atomic E-state index is 12.0. The van der Waals surface area contributed by atoms with E-state index in [1.54, 1.807) is 16.7 Å². The summed E-state index contributed by atoms with van der Waals surface area (Å²) < 4.78 is 0. The van der Waals surface area contributed by atoms with E-state index in [4.69, 9.17) is 0 Å². The molecule has 3 heteroatoms. The third-order valence-electron chi connectivity index (χ3n) is 2.79. The van der Waals surface area contributed by atoms with E-state index in [-0.39, 0.29) is 5.91 Å². The average Bonchev–Trinajstić information content (AvgIpc) is 2.47.